The van der Waals surface area contributed by atoms with Crippen LogP contribution >= 0.6 is 15.9 Å². The predicted molar refractivity (Wildman–Crippen MR) is 249 cm³/mol. The van der Waals surface area contributed by atoms with Gasteiger partial charge in [-0.05, 0) is 176 Å². The summed E-state index contributed by atoms with van der Waals surface area (Å²) in [5.41, 5.74) is 4.13. The third-order valence-corrected chi connectivity index (χ3v) is 13.4. The minimum absolute atomic E-state index is 0.0966. The number of hydrogen-bond donors (Lipinski definition) is 2. The number of halogens is 1. The maximum absolute atomic E-state index is 13.1. The summed E-state index contributed by atoms with van der Waals surface area (Å²) in [6.45, 7) is 25.1. The Morgan fingerprint density at radius 1 is 0.708 bits per heavy atom. The number of allylic oxidation sites excluding steroid dienone is 4. The maximum atomic E-state index is 13.1. The molecular formula is C48H73BrN2O13S. The molecule has 0 radical (unpaired) electrons. The van der Waals surface area contributed by atoms with Crippen molar-refractivity contribution in [2.75, 3.05) is 13.1 Å². The second-order valence-electron chi connectivity index (χ2n) is 21.8. The minimum Gasteiger partial charge on any atom is -0.459 e. The van der Waals surface area contributed by atoms with Crippen LogP contribution in [-0.2, 0) is 48.2 Å². The lowest BCUT2D eigenvalue weighted by molar-refractivity contribution is -0.508. The molecular weight excluding hydrogens is 924 g/mol. The molecule has 0 saturated heterocycles. The van der Waals surface area contributed by atoms with E-state index >= 15 is 0 Å². The van der Waals surface area contributed by atoms with Crippen LogP contribution in [0, 0.1) is 56.5 Å². The van der Waals surface area contributed by atoms with Gasteiger partial charge in [-0.2, -0.15) is 8.42 Å². The van der Waals surface area contributed by atoms with Crippen molar-refractivity contribution in [3.8, 4) is 0 Å². The Balaban J connectivity index is 0.000000281. The van der Waals surface area contributed by atoms with Crippen molar-refractivity contribution in [1.82, 2.24) is 0 Å². The first-order chi connectivity index (χ1) is 29.5. The zero-order chi connectivity index (χ0) is 49.9. The van der Waals surface area contributed by atoms with E-state index in [2.05, 4.69) is 28.9 Å². The van der Waals surface area contributed by atoms with Crippen LogP contribution in [-0.4, -0.2) is 77.3 Å². The second-order valence-corrected chi connectivity index (χ2v) is 24.2. The number of rotatable bonds is 12. The number of carbonyl (C=O) groups excluding carboxylic acids is 4. The molecule has 4 aliphatic rings. The molecule has 366 valence electrons. The number of carbonyl (C=O) groups is 4. The first-order valence-electron chi connectivity index (χ1n) is 22.4. The van der Waals surface area contributed by atoms with Gasteiger partial charge in [0.05, 0.1) is 10.3 Å². The molecule has 2 fully saturated rings. The molecule has 17 heteroatoms. The molecule has 4 aliphatic carbocycles. The highest BCUT2D eigenvalue weighted by Crippen LogP contribution is 2.63. The van der Waals surface area contributed by atoms with Crippen molar-refractivity contribution < 1.29 is 56.0 Å². The van der Waals surface area contributed by atoms with Crippen LogP contribution in [0.25, 0.3) is 0 Å². The van der Waals surface area contributed by atoms with Crippen molar-refractivity contribution in [3.63, 3.8) is 0 Å². The molecule has 3 N–H and O–H groups in total. The quantitative estimate of drug-likeness (QED) is 0.0378. The van der Waals surface area contributed by atoms with E-state index in [9.17, 15) is 37.7 Å². The standard InChI is InChI=1S/C21H33NO6.C21H35NO4.C6H5BrO3S/c1-8-13-9-14-11-21(12-22(25)26,15(14)10-13)16(17(23)27-19(2,3)4)18(24)28-20(5,6)7;1-8-13-9-14-11-21(12-22,15(14)10-13)16(17(23)25-19(2,3)4)18(24)26-20(5,6)7;7-5-1-3-6(4-2-5)11(8,9)10/h10,14-16H,8-9,11-12H2,1-7H3;10,14-16H,8-9,11-12,22H2,1-7H3;1-4H,(H,8,9,10)/t2*14-,15-,21-;/m11./s1. The number of fused-ring (bicyclic) bond motifs is 2. The van der Waals surface area contributed by atoms with E-state index in [1.807, 2.05) is 13.0 Å². The molecule has 2 saturated carbocycles. The molecule has 0 bridgehead atoms. The highest BCUT2D eigenvalue weighted by atomic mass is 79.9. The molecule has 0 unspecified atom stereocenters. The number of nitrogens with zero attached hydrogens (tertiary/aromatic N) is 1. The molecule has 1 aromatic rings. The number of benzene rings is 1. The molecule has 5 rings (SSSR count). The monoisotopic (exact) mass is 996 g/mol. The smallest absolute Gasteiger partial charge is 0.321 e. The van der Waals surface area contributed by atoms with Crippen LogP contribution in [0.4, 0.5) is 0 Å². The van der Waals surface area contributed by atoms with Gasteiger partial charge in [-0.1, -0.05) is 53.1 Å². The Labute approximate surface area is 394 Å². The average molecular weight is 998 g/mol. The van der Waals surface area contributed by atoms with E-state index in [-0.39, 0.29) is 29.2 Å². The Kier molecular flexibility index (Phi) is 17.7. The zero-order valence-electron chi connectivity index (χ0n) is 40.7. The normalized spacial score (nSPS) is 24.8. The lowest BCUT2D eigenvalue weighted by Crippen LogP contribution is -2.60. The van der Waals surface area contributed by atoms with Crippen LogP contribution in [0.5, 0.6) is 0 Å². The van der Waals surface area contributed by atoms with Gasteiger partial charge < -0.3 is 24.7 Å². The summed E-state index contributed by atoms with van der Waals surface area (Å²) < 4.78 is 52.5. The van der Waals surface area contributed by atoms with Crippen LogP contribution in [0.3, 0.4) is 0 Å². The van der Waals surface area contributed by atoms with Crippen LogP contribution in [0.15, 0.2) is 56.9 Å². The third kappa shape index (κ3) is 14.7. The Hall–Kier alpha value is -3.67. The number of ether oxygens (including phenoxy) is 4. The van der Waals surface area contributed by atoms with E-state index in [1.54, 1.807) is 95.2 Å². The molecule has 0 spiro atoms. The lowest BCUT2D eigenvalue weighted by Gasteiger charge is -2.54. The van der Waals surface area contributed by atoms with Crippen LogP contribution in [0.2, 0.25) is 0 Å². The summed E-state index contributed by atoms with van der Waals surface area (Å²) in [4.78, 5) is 63.2. The number of hydrogen-bond acceptors (Lipinski definition) is 13. The number of esters is 4. The molecule has 0 aromatic heterocycles. The molecule has 65 heavy (non-hydrogen) atoms. The van der Waals surface area contributed by atoms with Crippen molar-refractivity contribution in [1.29, 1.82) is 0 Å². The van der Waals surface area contributed by atoms with Gasteiger partial charge in [0.2, 0.25) is 6.54 Å². The highest BCUT2D eigenvalue weighted by Gasteiger charge is 2.67. The zero-order valence-corrected chi connectivity index (χ0v) is 43.1. The Bertz CT molecular complexity index is 2030. The SMILES string of the molecule is CCC1=C[C@@H]2[C@H](C1)C[C@]2(CN)C(C(=O)OC(C)(C)C)C(=O)OC(C)(C)C.CCC1=C[C@@H]2[C@H](C1)C[C@]2(C[N+](=O)[O-])C(C(=O)OC(C)(C)C)C(=O)OC(C)(C)C.O=S(=O)(O)c1ccc(Br)cc1. The fraction of sp³-hybridized carbons (Fsp3) is 0.708. The van der Waals surface area contributed by atoms with Crippen molar-refractivity contribution in [2.45, 2.75) is 163 Å². The third-order valence-electron chi connectivity index (χ3n) is 12.1. The molecule has 1 aromatic carbocycles. The van der Waals surface area contributed by atoms with Gasteiger partial charge in [-0.25, -0.2) is 0 Å². The van der Waals surface area contributed by atoms with E-state index in [4.69, 9.17) is 29.2 Å². The van der Waals surface area contributed by atoms with Gasteiger partial charge in [-0.3, -0.25) is 33.8 Å². The first kappa shape index (κ1) is 55.7. The summed E-state index contributed by atoms with van der Waals surface area (Å²) in [7, 11) is -4.04. The Morgan fingerprint density at radius 2 is 1.03 bits per heavy atom. The van der Waals surface area contributed by atoms with E-state index in [0.29, 0.717) is 12.3 Å². The molecule has 0 amide bonds. The van der Waals surface area contributed by atoms with Crippen molar-refractivity contribution >= 4 is 49.9 Å². The van der Waals surface area contributed by atoms with E-state index < -0.39 is 90.5 Å². The van der Waals surface area contributed by atoms with Crippen LogP contribution in [0.1, 0.15) is 135 Å². The van der Waals surface area contributed by atoms with Crippen LogP contribution < -0.4 is 5.73 Å². The fourth-order valence-corrected chi connectivity index (χ4v) is 10.3. The van der Waals surface area contributed by atoms with Gasteiger partial charge in [0, 0.05) is 14.8 Å². The van der Waals surface area contributed by atoms with Gasteiger partial charge in [-0.15, -0.1) is 0 Å². The molecule has 0 heterocycles. The van der Waals surface area contributed by atoms with E-state index in [0.717, 1.165) is 36.6 Å². The first-order valence-corrected chi connectivity index (χ1v) is 24.6. The molecule has 15 nitrogen and oxygen atoms in total. The number of nitrogens with two attached hydrogens (primary N) is 1. The fourth-order valence-electron chi connectivity index (χ4n) is 9.60. The average Bonchev–Trinajstić information content (AvgIpc) is 3.64. The highest BCUT2D eigenvalue weighted by molar-refractivity contribution is 9.10. The summed E-state index contributed by atoms with van der Waals surface area (Å²) in [6, 6.07) is 5.73. The Morgan fingerprint density at radius 3 is 1.32 bits per heavy atom. The van der Waals surface area contributed by atoms with Gasteiger partial charge in [0.25, 0.3) is 10.1 Å². The lowest BCUT2D eigenvalue weighted by atomic mass is 9.49. The maximum Gasteiger partial charge on any atom is 0.321 e. The second kappa shape index (κ2) is 20.7. The van der Waals surface area contributed by atoms with Gasteiger partial charge in [0.15, 0.2) is 11.8 Å². The minimum atomic E-state index is -4.04. The molecule has 6 atom stereocenters. The van der Waals surface area contributed by atoms with E-state index in [1.165, 1.54) is 23.3 Å². The largest absolute Gasteiger partial charge is 0.459 e. The van der Waals surface area contributed by atoms with Gasteiger partial charge in [0.1, 0.15) is 22.4 Å². The van der Waals surface area contributed by atoms with Gasteiger partial charge >= 0.3 is 23.9 Å². The summed E-state index contributed by atoms with van der Waals surface area (Å²) in [5.74, 6) is -4.14. The summed E-state index contributed by atoms with van der Waals surface area (Å²) in [5, 5.41) is 11.5. The van der Waals surface area contributed by atoms with Crippen molar-refractivity contribution in [2.24, 2.45) is 52.1 Å². The predicted octanol–water partition coefficient (Wildman–Crippen LogP) is 9.23. The summed E-state index contributed by atoms with van der Waals surface area (Å²) in [6.07, 6.45) is 9.26. The van der Waals surface area contributed by atoms with Crippen molar-refractivity contribution in [3.05, 3.63) is 62.2 Å². The summed E-state index contributed by atoms with van der Waals surface area (Å²) >= 11 is 3.14. The molecule has 0 aliphatic heterocycles. The number of nitro groups is 1. The topological polar surface area (TPSA) is 229 Å².